The van der Waals surface area contributed by atoms with Crippen molar-refractivity contribution in [3.05, 3.63) is 45.2 Å². The number of piperidine rings is 1. The summed E-state index contributed by atoms with van der Waals surface area (Å²) >= 11 is 1.65. The molecule has 0 radical (unpaired) electrons. The van der Waals surface area contributed by atoms with E-state index < -0.39 is 0 Å². The number of nitrogens with zero attached hydrogens (tertiary/aromatic N) is 3. The third-order valence-electron chi connectivity index (χ3n) is 5.55. The average Bonchev–Trinajstić information content (AvgIpc) is 3.33. The van der Waals surface area contributed by atoms with E-state index >= 15 is 0 Å². The number of rotatable bonds is 6. The normalized spacial score (nSPS) is 17.1. The standard InChI is InChI=1S/C22H29N3O3S/c1-5-25-15(3)18(20(16(25)4)22(27)28-6-2)9-10-19(26)24-12-7-8-17(14-24)21-23-11-13-29-21/h9-11,13,17H,5-8,12,14H2,1-4H3/b10-9+. The van der Waals surface area contributed by atoms with E-state index in [0.717, 1.165) is 47.9 Å². The van der Waals surface area contributed by atoms with E-state index in [0.29, 0.717) is 24.6 Å². The van der Waals surface area contributed by atoms with Crippen molar-refractivity contribution < 1.29 is 14.3 Å². The van der Waals surface area contributed by atoms with Crippen LogP contribution in [0, 0.1) is 13.8 Å². The Morgan fingerprint density at radius 2 is 2.10 bits per heavy atom. The molecule has 156 valence electrons. The van der Waals surface area contributed by atoms with Crippen molar-refractivity contribution in [2.75, 3.05) is 19.7 Å². The van der Waals surface area contributed by atoms with Crippen LogP contribution in [-0.2, 0) is 16.1 Å². The molecule has 1 aliphatic heterocycles. The van der Waals surface area contributed by atoms with Crippen LogP contribution in [0.5, 0.6) is 0 Å². The van der Waals surface area contributed by atoms with Gasteiger partial charge in [-0.25, -0.2) is 9.78 Å². The third-order valence-corrected chi connectivity index (χ3v) is 6.49. The Labute approximate surface area is 176 Å². The maximum Gasteiger partial charge on any atom is 0.340 e. The Kier molecular flexibility index (Phi) is 6.90. The van der Waals surface area contributed by atoms with E-state index in [1.54, 1.807) is 30.4 Å². The van der Waals surface area contributed by atoms with E-state index in [4.69, 9.17) is 4.74 Å². The van der Waals surface area contributed by atoms with Gasteiger partial charge in [0.1, 0.15) is 0 Å². The van der Waals surface area contributed by atoms with Crippen LogP contribution in [0.4, 0.5) is 0 Å². The van der Waals surface area contributed by atoms with Crippen molar-refractivity contribution in [3.63, 3.8) is 0 Å². The van der Waals surface area contributed by atoms with Gasteiger partial charge in [0.05, 0.1) is 17.2 Å². The zero-order chi connectivity index (χ0) is 21.0. The van der Waals surface area contributed by atoms with Crippen LogP contribution in [0.3, 0.4) is 0 Å². The first-order valence-corrected chi connectivity index (χ1v) is 11.1. The summed E-state index contributed by atoms with van der Waals surface area (Å²) < 4.78 is 7.33. The van der Waals surface area contributed by atoms with Gasteiger partial charge in [-0.2, -0.15) is 0 Å². The minimum absolute atomic E-state index is 0.0256. The molecule has 2 aromatic rings. The van der Waals surface area contributed by atoms with E-state index in [1.165, 1.54) is 0 Å². The second kappa shape index (κ2) is 9.39. The molecule has 1 atom stereocenters. The summed E-state index contributed by atoms with van der Waals surface area (Å²) in [5.74, 6) is -0.0575. The monoisotopic (exact) mass is 415 g/mol. The Morgan fingerprint density at radius 1 is 1.31 bits per heavy atom. The molecule has 0 spiro atoms. The molecule has 0 aromatic carbocycles. The topological polar surface area (TPSA) is 64.4 Å². The summed E-state index contributed by atoms with van der Waals surface area (Å²) in [6.07, 6.45) is 7.22. The molecule has 1 saturated heterocycles. The van der Waals surface area contributed by atoms with Gasteiger partial charge in [0.25, 0.3) is 0 Å². The molecule has 0 saturated carbocycles. The zero-order valence-corrected chi connectivity index (χ0v) is 18.4. The van der Waals surface area contributed by atoms with Crippen LogP contribution in [-0.4, -0.2) is 46.0 Å². The summed E-state index contributed by atoms with van der Waals surface area (Å²) in [6, 6.07) is 0. The molecule has 3 rings (SSSR count). The number of ether oxygens (including phenoxy) is 1. The summed E-state index contributed by atoms with van der Waals surface area (Å²) in [7, 11) is 0. The van der Waals surface area contributed by atoms with Gasteiger partial charge in [-0.1, -0.05) is 0 Å². The fraction of sp³-hybridized carbons (Fsp3) is 0.500. The number of amides is 1. The van der Waals surface area contributed by atoms with Gasteiger partial charge in [0.15, 0.2) is 0 Å². The lowest BCUT2D eigenvalue weighted by Gasteiger charge is -2.31. The van der Waals surface area contributed by atoms with Crippen LogP contribution in [0.1, 0.15) is 64.9 Å². The highest BCUT2D eigenvalue weighted by Gasteiger charge is 2.26. The number of thiazole rings is 1. The van der Waals surface area contributed by atoms with E-state index in [1.807, 2.05) is 37.2 Å². The number of carbonyl (C=O) groups is 2. The number of hydrogen-bond donors (Lipinski definition) is 0. The fourth-order valence-corrected chi connectivity index (χ4v) is 4.89. The summed E-state index contributed by atoms with van der Waals surface area (Å²) in [6.45, 7) is 10.3. The lowest BCUT2D eigenvalue weighted by atomic mass is 9.98. The van der Waals surface area contributed by atoms with E-state index in [2.05, 4.69) is 9.55 Å². The van der Waals surface area contributed by atoms with Gasteiger partial charge in [-0.3, -0.25) is 4.79 Å². The van der Waals surface area contributed by atoms with Gasteiger partial charge in [0, 0.05) is 60.2 Å². The van der Waals surface area contributed by atoms with Crippen molar-refractivity contribution in [3.8, 4) is 0 Å². The first kappa shape index (κ1) is 21.3. The predicted octanol–water partition coefficient (Wildman–Crippen LogP) is 4.18. The minimum atomic E-state index is -0.339. The smallest absolute Gasteiger partial charge is 0.340 e. The second-order valence-electron chi connectivity index (χ2n) is 7.25. The van der Waals surface area contributed by atoms with Crippen LogP contribution in [0.25, 0.3) is 6.08 Å². The average molecular weight is 416 g/mol. The quantitative estimate of drug-likeness (QED) is 0.524. The molecule has 1 amide bonds. The summed E-state index contributed by atoms with van der Waals surface area (Å²) in [5.41, 5.74) is 3.16. The lowest BCUT2D eigenvalue weighted by Crippen LogP contribution is -2.38. The SMILES string of the molecule is CCOC(=O)c1c(/C=C/C(=O)N2CCCC(c3nccs3)C2)c(C)n(CC)c1C. The highest BCUT2D eigenvalue weighted by molar-refractivity contribution is 7.09. The first-order valence-electron chi connectivity index (χ1n) is 10.2. The molecular weight excluding hydrogens is 386 g/mol. The van der Waals surface area contributed by atoms with Crippen LogP contribution < -0.4 is 0 Å². The molecule has 3 heterocycles. The predicted molar refractivity (Wildman–Crippen MR) is 115 cm³/mol. The maximum absolute atomic E-state index is 12.9. The van der Waals surface area contributed by atoms with Gasteiger partial charge in [-0.05, 0) is 46.6 Å². The zero-order valence-electron chi connectivity index (χ0n) is 17.6. The Hall–Kier alpha value is -2.41. The maximum atomic E-state index is 12.9. The molecule has 7 heteroatoms. The number of hydrogen-bond acceptors (Lipinski definition) is 5. The molecule has 1 unspecified atom stereocenters. The lowest BCUT2D eigenvalue weighted by molar-refractivity contribution is -0.127. The second-order valence-corrected chi connectivity index (χ2v) is 8.18. The largest absolute Gasteiger partial charge is 0.462 e. The van der Waals surface area contributed by atoms with E-state index in [9.17, 15) is 9.59 Å². The molecule has 6 nitrogen and oxygen atoms in total. The fourth-order valence-electron chi connectivity index (χ4n) is 4.12. The van der Waals surface area contributed by atoms with Crippen LogP contribution in [0.2, 0.25) is 0 Å². The summed E-state index contributed by atoms with van der Waals surface area (Å²) in [4.78, 5) is 31.7. The van der Waals surface area contributed by atoms with Crippen LogP contribution in [0.15, 0.2) is 17.7 Å². The molecule has 1 aliphatic rings. The van der Waals surface area contributed by atoms with E-state index in [-0.39, 0.29) is 11.9 Å². The highest BCUT2D eigenvalue weighted by Crippen LogP contribution is 2.29. The van der Waals surface area contributed by atoms with Crippen molar-refractivity contribution in [2.24, 2.45) is 0 Å². The number of esters is 1. The van der Waals surface area contributed by atoms with Crippen molar-refractivity contribution >= 4 is 29.3 Å². The van der Waals surface area contributed by atoms with Gasteiger partial charge >= 0.3 is 5.97 Å². The number of carbonyl (C=O) groups excluding carboxylic acids is 2. The molecule has 1 fully saturated rings. The Balaban J connectivity index is 1.81. The summed E-state index contributed by atoms with van der Waals surface area (Å²) in [5, 5.41) is 3.08. The van der Waals surface area contributed by atoms with Gasteiger partial charge < -0.3 is 14.2 Å². The van der Waals surface area contributed by atoms with Crippen molar-refractivity contribution in [2.45, 2.75) is 53.0 Å². The molecule has 0 bridgehead atoms. The van der Waals surface area contributed by atoms with Crippen molar-refractivity contribution in [1.29, 1.82) is 0 Å². The molecule has 0 N–H and O–H groups in total. The van der Waals surface area contributed by atoms with Crippen molar-refractivity contribution in [1.82, 2.24) is 14.5 Å². The molecule has 29 heavy (non-hydrogen) atoms. The Bertz CT molecular complexity index is 899. The minimum Gasteiger partial charge on any atom is -0.462 e. The Morgan fingerprint density at radius 3 is 2.76 bits per heavy atom. The van der Waals surface area contributed by atoms with Gasteiger partial charge in [-0.15, -0.1) is 11.3 Å². The van der Waals surface area contributed by atoms with Gasteiger partial charge in [0.2, 0.25) is 5.91 Å². The third kappa shape index (κ3) is 4.45. The highest BCUT2D eigenvalue weighted by atomic mass is 32.1. The number of aromatic nitrogens is 2. The first-order chi connectivity index (χ1) is 14.0. The van der Waals surface area contributed by atoms with Crippen LogP contribution >= 0.6 is 11.3 Å². The number of likely N-dealkylation sites (tertiary alicyclic amines) is 1. The molecular formula is C22H29N3O3S. The molecule has 0 aliphatic carbocycles. The molecule has 2 aromatic heterocycles.